The standard InChI is InChI=1S/C20H20N4O2/c1-14-7-3-4-8-15(14)11-22-19-13-21-17(12-23-19)20(25)24-16-9-5-6-10-18(16)26-2/h3-10,12-13H,11H2,1-2H3,(H,22,23)(H,24,25). The summed E-state index contributed by atoms with van der Waals surface area (Å²) >= 11 is 0. The molecule has 26 heavy (non-hydrogen) atoms. The van der Waals surface area contributed by atoms with E-state index < -0.39 is 0 Å². The van der Waals surface area contributed by atoms with Crippen molar-refractivity contribution in [3.63, 3.8) is 0 Å². The lowest BCUT2D eigenvalue weighted by Crippen LogP contribution is -2.15. The molecule has 1 aromatic heterocycles. The highest BCUT2D eigenvalue weighted by molar-refractivity contribution is 6.03. The van der Waals surface area contributed by atoms with E-state index in [-0.39, 0.29) is 11.6 Å². The third-order valence-corrected chi connectivity index (χ3v) is 3.96. The van der Waals surface area contributed by atoms with Crippen LogP contribution in [0.3, 0.4) is 0 Å². The molecule has 6 nitrogen and oxygen atoms in total. The molecule has 0 radical (unpaired) electrons. The van der Waals surface area contributed by atoms with Crippen molar-refractivity contribution in [1.82, 2.24) is 9.97 Å². The van der Waals surface area contributed by atoms with Gasteiger partial charge in [0.2, 0.25) is 0 Å². The van der Waals surface area contributed by atoms with Crippen LogP contribution in [0.1, 0.15) is 21.6 Å². The second-order valence-corrected chi connectivity index (χ2v) is 5.72. The van der Waals surface area contributed by atoms with E-state index in [1.54, 1.807) is 25.4 Å². The summed E-state index contributed by atoms with van der Waals surface area (Å²) in [6, 6.07) is 15.3. The second-order valence-electron chi connectivity index (χ2n) is 5.72. The molecule has 0 fully saturated rings. The Morgan fingerprint density at radius 3 is 2.54 bits per heavy atom. The number of para-hydroxylation sites is 2. The molecular formula is C20H20N4O2. The first-order valence-electron chi connectivity index (χ1n) is 8.22. The normalized spacial score (nSPS) is 10.2. The largest absolute Gasteiger partial charge is 0.495 e. The van der Waals surface area contributed by atoms with Crippen LogP contribution in [0.25, 0.3) is 0 Å². The van der Waals surface area contributed by atoms with E-state index in [9.17, 15) is 4.79 Å². The van der Waals surface area contributed by atoms with Crippen LogP contribution in [-0.2, 0) is 6.54 Å². The molecule has 3 aromatic rings. The molecule has 0 atom stereocenters. The number of amides is 1. The molecule has 0 saturated heterocycles. The highest BCUT2D eigenvalue weighted by Gasteiger charge is 2.11. The number of carbonyl (C=O) groups is 1. The SMILES string of the molecule is COc1ccccc1NC(=O)c1cnc(NCc2ccccc2C)cn1. The van der Waals surface area contributed by atoms with Gasteiger partial charge >= 0.3 is 0 Å². The highest BCUT2D eigenvalue weighted by Crippen LogP contribution is 2.23. The molecule has 2 aromatic carbocycles. The summed E-state index contributed by atoms with van der Waals surface area (Å²) in [5.41, 5.74) is 3.22. The molecule has 0 bridgehead atoms. The van der Waals surface area contributed by atoms with E-state index in [4.69, 9.17) is 4.74 Å². The van der Waals surface area contributed by atoms with E-state index in [0.29, 0.717) is 23.8 Å². The highest BCUT2D eigenvalue weighted by atomic mass is 16.5. The number of carbonyl (C=O) groups excluding carboxylic acids is 1. The van der Waals surface area contributed by atoms with E-state index in [1.807, 2.05) is 24.3 Å². The molecule has 132 valence electrons. The van der Waals surface area contributed by atoms with Crippen molar-refractivity contribution in [2.45, 2.75) is 13.5 Å². The topological polar surface area (TPSA) is 76.1 Å². The zero-order valence-electron chi connectivity index (χ0n) is 14.7. The molecule has 6 heteroatoms. The predicted octanol–water partition coefficient (Wildman–Crippen LogP) is 3.66. The van der Waals surface area contributed by atoms with Crippen molar-refractivity contribution in [1.29, 1.82) is 0 Å². The minimum Gasteiger partial charge on any atom is -0.495 e. The van der Waals surface area contributed by atoms with Gasteiger partial charge in [0.1, 0.15) is 17.3 Å². The molecule has 0 aliphatic heterocycles. The quantitative estimate of drug-likeness (QED) is 0.711. The van der Waals surface area contributed by atoms with Gasteiger partial charge in [0.05, 0.1) is 25.2 Å². The first-order valence-corrected chi connectivity index (χ1v) is 8.22. The Balaban J connectivity index is 1.63. The van der Waals surface area contributed by atoms with Crippen molar-refractivity contribution in [2.24, 2.45) is 0 Å². The summed E-state index contributed by atoms with van der Waals surface area (Å²) in [5.74, 6) is 0.861. The van der Waals surface area contributed by atoms with Gasteiger partial charge < -0.3 is 15.4 Å². The maximum atomic E-state index is 12.3. The van der Waals surface area contributed by atoms with Gasteiger partial charge in [-0.25, -0.2) is 9.97 Å². The van der Waals surface area contributed by atoms with Crippen molar-refractivity contribution < 1.29 is 9.53 Å². The number of anilines is 2. The minimum absolute atomic E-state index is 0.234. The zero-order chi connectivity index (χ0) is 18.4. The van der Waals surface area contributed by atoms with Crippen LogP contribution >= 0.6 is 0 Å². The van der Waals surface area contributed by atoms with Crippen LogP contribution in [0.5, 0.6) is 5.75 Å². The van der Waals surface area contributed by atoms with E-state index in [0.717, 1.165) is 0 Å². The maximum Gasteiger partial charge on any atom is 0.275 e. The molecule has 0 aliphatic carbocycles. The van der Waals surface area contributed by atoms with Crippen molar-refractivity contribution in [3.8, 4) is 5.75 Å². The number of rotatable bonds is 6. The number of ether oxygens (including phenoxy) is 1. The van der Waals surface area contributed by atoms with Gasteiger partial charge in [0.15, 0.2) is 0 Å². The Hall–Kier alpha value is -3.41. The van der Waals surface area contributed by atoms with Gasteiger partial charge in [-0.3, -0.25) is 4.79 Å². The van der Waals surface area contributed by atoms with Gasteiger partial charge in [0, 0.05) is 6.54 Å². The summed E-state index contributed by atoms with van der Waals surface area (Å²) < 4.78 is 5.22. The number of benzene rings is 2. The number of nitrogens with one attached hydrogen (secondary N) is 2. The van der Waals surface area contributed by atoms with Crippen LogP contribution < -0.4 is 15.4 Å². The molecule has 3 rings (SSSR count). The molecule has 1 heterocycles. The number of hydrogen-bond donors (Lipinski definition) is 2. The van der Waals surface area contributed by atoms with Gasteiger partial charge in [-0.05, 0) is 30.2 Å². The van der Waals surface area contributed by atoms with Crippen molar-refractivity contribution >= 4 is 17.4 Å². The van der Waals surface area contributed by atoms with Crippen LogP contribution in [0.15, 0.2) is 60.9 Å². The van der Waals surface area contributed by atoms with Crippen LogP contribution in [0.4, 0.5) is 11.5 Å². The fourth-order valence-electron chi connectivity index (χ4n) is 2.47. The average Bonchev–Trinajstić information content (AvgIpc) is 2.68. The third-order valence-electron chi connectivity index (χ3n) is 3.96. The molecule has 2 N–H and O–H groups in total. The summed E-state index contributed by atoms with van der Waals surface area (Å²) in [7, 11) is 1.56. The van der Waals surface area contributed by atoms with E-state index >= 15 is 0 Å². The Bertz CT molecular complexity index is 894. The van der Waals surface area contributed by atoms with Crippen LogP contribution in [0.2, 0.25) is 0 Å². The lowest BCUT2D eigenvalue weighted by molar-refractivity contribution is 0.102. The Morgan fingerprint density at radius 2 is 1.81 bits per heavy atom. The Kier molecular flexibility index (Phi) is 5.43. The molecule has 0 spiro atoms. The molecule has 0 aliphatic rings. The summed E-state index contributed by atoms with van der Waals surface area (Å²) in [5, 5.41) is 5.99. The lowest BCUT2D eigenvalue weighted by Gasteiger charge is -2.10. The Labute approximate surface area is 152 Å². The maximum absolute atomic E-state index is 12.3. The van der Waals surface area contributed by atoms with Gasteiger partial charge in [-0.2, -0.15) is 0 Å². The molecule has 0 saturated carbocycles. The molecule has 0 unspecified atom stereocenters. The average molecular weight is 348 g/mol. The monoisotopic (exact) mass is 348 g/mol. The smallest absolute Gasteiger partial charge is 0.275 e. The van der Waals surface area contributed by atoms with Gasteiger partial charge in [0.25, 0.3) is 5.91 Å². The summed E-state index contributed by atoms with van der Waals surface area (Å²) in [6.45, 7) is 2.71. The van der Waals surface area contributed by atoms with E-state index in [1.165, 1.54) is 17.3 Å². The second kappa shape index (κ2) is 8.11. The van der Waals surface area contributed by atoms with Gasteiger partial charge in [-0.1, -0.05) is 36.4 Å². The summed E-state index contributed by atoms with van der Waals surface area (Å²) in [6.07, 6.45) is 3.00. The van der Waals surface area contributed by atoms with Crippen molar-refractivity contribution in [2.75, 3.05) is 17.7 Å². The number of aromatic nitrogens is 2. The Morgan fingerprint density at radius 1 is 1.04 bits per heavy atom. The van der Waals surface area contributed by atoms with Crippen LogP contribution in [0, 0.1) is 6.92 Å². The lowest BCUT2D eigenvalue weighted by atomic mass is 10.1. The minimum atomic E-state index is -0.340. The zero-order valence-corrected chi connectivity index (χ0v) is 14.7. The fraction of sp³-hybridized carbons (Fsp3) is 0.150. The summed E-state index contributed by atoms with van der Waals surface area (Å²) in [4.78, 5) is 20.8. The first kappa shape index (κ1) is 17.4. The fourth-order valence-corrected chi connectivity index (χ4v) is 2.47. The first-order chi connectivity index (χ1) is 12.7. The molecular weight excluding hydrogens is 328 g/mol. The predicted molar refractivity (Wildman–Crippen MR) is 101 cm³/mol. The van der Waals surface area contributed by atoms with Gasteiger partial charge in [-0.15, -0.1) is 0 Å². The number of hydrogen-bond acceptors (Lipinski definition) is 5. The number of methoxy groups -OCH3 is 1. The number of aryl methyl sites for hydroxylation is 1. The van der Waals surface area contributed by atoms with Crippen LogP contribution in [-0.4, -0.2) is 23.0 Å². The van der Waals surface area contributed by atoms with Crippen molar-refractivity contribution in [3.05, 3.63) is 77.7 Å². The molecule has 1 amide bonds. The van der Waals surface area contributed by atoms with E-state index in [2.05, 4.69) is 39.7 Å². The third kappa shape index (κ3) is 4.16. The number of nitrogens with zero attached hydrogens (tertiary/aromatic N) is 2.